The lowest BCUT2D eigenvalue weighted by Gasteiger charge is -2.02. The fourth-order valence-corrected chi connectivity index (χ4v) is 2.60. The number of hydrogen-bond donors (Lipinski definition) is 2. The maximum atomic E-state index is 8.30. The largest absolute Gasteiger partial charge is 0.336 e. The van der Waals surface area contributed by atoms with Crippen molar-refractivity contribution < 1.29 is 0 Å². The Morgan fingerprint density at radius 2 is 1.57 bits per heavy atom. The smallest absolute Gasteiger partial charge is 0.169 e. The molecule has 0 spiro atoms. The van der Waals surface area contributed by atoms with Crippen molar-refractivity contribution in [3.8, 4) is 16.9 Å². The number of nitrogen functional groups attached to an aromatic ring is 1. The van der Waals surface area contributed by atoms with E-state index in [1.54, 1.807) is 4.68 Å². The molecular weight excluding hydrogens is 288 g/mol. The SMILES string of the molecule is N=c1c2c(-c3ccccc3)nn(-c3ccccc3)c2ncn1N. The summed E-state index contributed by atoms with van der Waals surface area (Å²) >= 11 is 0. The van der Waals surface area contributed by atoms with Crippen LogP contribution in [0.4, 0.5) is 0 Å². The summed E-state index contributed by atoms with van der Waals surface area (Å²) in [7, 11) is 0. The fraction of sp³-hybridized carbons (Fsp3) is 0. The summed E-state index contributed by atoms with van der Waals surface area (Å²) < 4.78 is 2.95. The van der Waals surface area contributed by atoms with E-state index in [1.807, 2.05) is 60.7 Å². The number of hydrogen-bond acceptors (Lipinski definition) is 4. The third-order valence-electron chi connectivity index (χ3n) is 3.71. The number of rotatable bonds is 2. The minimum Gasteiger partial charge on any atom is -0.336 e. The third kappa shape index (κ3) is 2.08. The maximum absolute atomic E-state index is 8.30. The maximum Gasteiger partial charge on any atom is 0.169 e. The number of benzene rings is 2. The van der Waals surface area contributed by atoms with Crippen molar-refractivity contribution in [3.63, 3.8) is 0 Å². The highest BCUT2D eigenvalue weighted by Gasteiger charge is 2.17. The van der Waals surface area contributed by atoms with E-state index in [0.717, 1.165) is 11.3 Å². The van der Waals surface area contributed by atoms with Crippen LogP contribution in [0.1, 0.15) is 0 Å². The van der Waals surface area contributed by atoms with Crippen LogP contribution < -0.4 is 11.3 Å². The van der Waals surface area contributed by atoms with E-state index in [9.17, 15) is 0 Å². The molecular formula is C17H14N6. The molecule has 2 heterocycles. The summed E-state index contributed by atoms with van der Waals surface area (Å²) in [6.45, 7) is 0. The highest BCUT2D eigenvalue weighted by molar-refractivity contribution is 5.91. The van der Waals surface area contributed by atoms with E-state index in [4.69, 9.17) is 16.4 Å². The van der Waals surface area contributed by atoms with Crippen LogP contribution in [-0.2, 0) is 0 Å². The molecule has 0 unspecified atom stereocenters. The summed E-state index contributed by atoms with van der Waals surface area (Å²) in [5.74, 6) is 5.81. The van der Waals surface area contributed by atoms with Gasteiger partial charge in [-0.2, -0.15) is 5.10 Å². The average Bonchev–Trinajstić information content (AvgIpc) is 3.00. The summed E-state index contributed by atoms with van der Waals surface area (Å²) in [6.07, 6.45) is 1.43. The molecule has 2 aromatic carbocycles. The molecule has 0 saturated carbocycles. The first-order valence-corrected chi connectivity index (χ1v) is 7.16. The van der Waals surface area contributed by atoms with Crippen molar-refractivity contribution >= 4 is 11.0 Å². The van der Waals surface area contributed by atoms with Gasteiger partial charge in [-0.1, -0.05) is 48.5 Å². The van der Waals surface area contributed by atoms with Crippen molar-refractivity contribution in [3.05, 3.63) is 72.5 Å². The van der Waals surface area contributed by atoms with Gasteiger partial charge in [-0.3, -0.25) is 5.41 Å². The molecule has 0 amide bonds. The molecule has 0 fully saturated rings. The number of nitrogens with one attached hydrogen (secondary N) is 1. The Labute approximate surface area is 131 Å². The van der Waals surface area contributed by atoms with Crippen molar-refractivity contribution in [2.45, 2.75) is 0 Å². The monoisotopic (exact) mass is 302 g/mol. The topological polar surface area (TPSA) is 85.5 Å². The molecule has 0 atom stereocenters. The standard InChI is InChI=1S/C17H14N6/c18-16-14-15(12-7-3-1-4-8-12)21-23(13-9-5-2-6-10-13)17(14)20-11-22(16)19/h1-11,18H,19H2. The molecule has 3 N–H and O–H groups in total. The summed E-state index contributed by atoms with van der Waals surface area (Å²) in [6, 6.07) is 19.5. The fourth-order valence-electron chi connectivity index (χ4n) is 2.60. The quantitative estimate of drug-likeness (QED) is 0.556. The van der Waals surface area contributed by atoms with Gasteiger partial charge in [0.2, 0.25) is 0 Å². The first kappa shape index (κ1) is 13.3. The van der Waals surface area contributed by atoms with Crippen LogP contribution in [0.25, 0.3) is 28.0 Å². The zero-order valence-corrected chi connectivity index (χ0v) is 12.2. The van der Waals surface area contributed by atoms with Crippen LogP contribution in [0.3, 0.4) is 0 Å². The Balaban J connectivity index is 2.11. The zero-order valence-electron chi connectivity index (χ0n) is 12.2. The third-order valence-corrected chi connectivity index (χ3v) is 3.71. The minimum absolute atomic E-state index is 0.177. The zero-order chi connectivity index (χ0) is 15.8. The lowest BCUT2D eigenvalue weighted by Crippen LogP contribution is -2.27. The van der Waals surface area contributed by atoms with Gasteiger partial charge in [-0.15, -0.1) is 0 Å². The average molecular weight is 302 g/mol. The van der Waals surface area contributed by atoms with Gasteiger partial charge in [0.05, 0.1) is 11.1 Å². The Morgan fingerprint density at radius 3 is 2.26 bits per heavy atom. The number of nitrogens with two attached hydrogens (primary N) is 1. The number of nitrogens with zero attached hydrogens (tertiary/aromatic N) is 4. The predicted molar refractivity (Wildman–Crippen MR) is 88.3 cm³/mol. The highest BCUT2D eigenvalue weighted by Crippen LogP contribution is 2.26. The Morgan fingerprint density at radius 1 is 0.913 bits per heavy atom. The summed E-state index contributed by atoms with van der Waals surface area (Å²) in [4.78, 5) is 4.38. The van der Waals surface area contributed by atoms with Gasteiger partial charge in [0.15, 0.2) is 11.1 Å². The van der Waals surface area contributed by atoms with Crippen LogP contribution in [0, 0.1) is 5.41 Å². The van der Waals surface area contributed by atoms with Crippen molar-refractivity contribution in [2.24, 2.45) is 0 Å². The van der Waals surface area contributed by atoms with Crippen LogP contribution in [0.15, 0.2) is 67.0 Å². The molecule has 0 aliphatic heterocycles. The van der Waals surface area contributed by atoms with E-state index < -0.39 is 0 Å². The second kappa shape index (κ2) is 5.10. The molecule has 0 aliphatic carbocycles. The Bertz CT molecular complexity index is 1030. The molecule has 0 radical (unpaired) electrons. The summed E-state index contributed by atoms with van der Waals surface area (Å²) in [5.41, 5.74) is 3.30. The number of para-hydroxylation sites is 1. The first-order valence-electron chi connectivity index (χ1n) is 7.16. The molecule has 2 aromatic heterocycles. The molecule has 4 aromatic rings. The van der Waals surface area contributed by atoms with E-state index >= 15 is 0 Å². The van der Waals surface area contributed by atoms with Gasteiger partial charge >= 0.3 is 0 Å². The van der Waals surface area contributed by atoms with Gasteiger partial charge in [0.25, 0.3) is 0 Å². The molecule has 23 heavy (non-hydrogen) atoms. The Kier molecular flexibility index (Phi) is 2.94. The van der Waals surface area contributed by atoms with Gasteiger partial charge in [-0.05, 0) is 12.1 Å². The van der Waals surface area contributed by atoms with Crippen molar-refractivity contribution in [1.82, 2.24) is 19.4 Å². The molecule has 6 nitrogen and oxygen atoms in total. The predicted octanol–water partition coefficient (Wildman–Crippen LogP) is 2.08. The molecule has 6 heteroatoms. The van der Waals surface area contributed by atoms with Crippen LogP contribution in [0.2, 0.25) is 0 Å². The van der Waals surface area contributed by atoms with E-state index in [2.05, 4.69) is 4.98 Å². The normalized spacial score (nSPS) is 11.0. The van der Waals surface area contributed by atoms with Gasteiger partial charge in [0.1, 0.15) is 12.0 Å². The second-order valence-corrected chi connectivity index (χ2v) is 5.16. The lowest BCUT2D eigenvalue weighted by molar-refractivity contribution is 0.851. The molecule has 4 rings (SSSR count). The van der Waals surface area contributed by atoms with E-state index in [-0.39, 0.29) is 5.49 Å². The number of fused-ring (bicyclic) bond motifs is 1. The lowest BCUT2D eigenvalue weighted by atomic mass is 10.1. The second-order valence-electron chi connectivity index (χ2n) is 5.16. The van der Waals surface area contributed by atoms with Crippen molar-refractivity contribution in [2.75, 3.05) is 5.84 Å². The van der Waals surface area contributed by atoms with Gasteiger partial charge < -0.3 is 5.84 Å². The molecule has 0 bridgehead atoms. The van der Waals surface area contributed by atoms with Crippen LogP contribution in [0.5, 0.6) is 0 Å². The van der Waals surface area contributed by atoms with Crippen LogP contribution in [-0.4, -0.2) is 19.4 Å². The van der Waals surface area contributed by atoms with E-state index in [0.29, 0.717) is 16.7 Å². The van der Waals surface area contributed by atoms with Crippen molar-refractivity contribution in [1.29, 1.82) is 5.41 Å². The Hall–Kier alpha value is -3.41. The van der Waals surface area contributed by atoms with E-state index in [1.165, 1.54) is 11.0 Å². The number of aromatic nitrogens is 4. The minimum atomic E-state index is 0.177. The van der Waals surface area contributed by atoms with Gasteiger partial charge in [-0.25, -0.2) is 14.3 Å². The van der Waals surface area contributed by atoms with Crippen LogP contribution >= 0.6 is 0 Å². The molecule has 0 saturated heterocycles. The molecule has 112 valence electrons. The first-order chi connectivity index (χ1) is 11.3. The molecule has 0 aliphatic rings. The highest BCUT2D eigenvalue weighted by atomic mass is 15.3. The van der Waals surface area contributed by atoms with Gasteiger partial charge in [0, 0.05) is 5.56 Å². The summed E-state index contributed by atoms with van der Waals surface area (Å²) in [5, 5.41) is 13.6.